The molecular formula is C24H25N3O6. The molecule has 9 nitrogen and oxygen atoms in total. The van der Waals surface area contributed by atoms with Gasteiger partial charge in [0.05, 0.1) is 30.3 Å². The zero-order chi connectivity index (χ0) is 23.6. The van der Waals surface area contributed by atoms with Crippen LogP contribution in [-0.4, -0.2) is 43.6 Å². The SMILES string of the molecule is CCOC(=O)C1=C(COC(=O)CNC(=O)Cc2ccccc2)NC(=O)NC1c1ccccc1. The summed E-state index contributed by atoms with van der Waals surface area (Å²) in [6.45, 7) is 1.10. The Kier molecular flexibility index (Phi) is 8.18. The van der Waals surface area contributed by atoms with Crippen molar-refractivity contribution in [2.75, 3.05) is 19.8 Å². The van der Waals surface area contributed by atoms with Crippen LogP contribution in [0.25, 0.3) is 0 Å². The average molecular weight is 451 g/mol. The molecule has 1 aliphatic rings. The highest BCUT2D eigenvalue weighted by molar-refractivity contribution is 5.95. The van der Waals surface area contributed by atoms with Crippen LogP contribution in [0.4, 0.5) is 4.79 Å². The molecule has 9 heteroatoms. The number of hydrogen-bond acceptors (Lipinski definition) is 6. The van der Waals surface area contributed by atoms with Gasteiger partial charge in [0.2, 0.25) is 5.91 Å². The third kappa shape index (κ3) is 6.67. The summed E-state index contributed by atoms with van der Waals surface area (Å²) in [6.07, 6.45) is 0.132. The Bertz CT molecular complexity index is 1040. The second-order valence-corrected chi connectivity index (χ2v) is 7.15. The second kappa shape index (κ2) is 11.5. The molecule has 3 amide bonds. The lowest BCUT2D eigenvalue weighted by atomic mass is 9.95. The Hall–Kier alpha value is -4.14. The molecule has 0 spiro atoms. The van der Waals surface area contributed by atoms with Gasteiger partial charge in [-0.05, 0) is 18.1 Å². The van der Waals surface area contributed by atoms with Crippen LogP contribution in [0.2, 0.25) is 0 Å². The topological polar surface area (TPSA) is 123 Å². The lowest BCUT2D eigenvalue weighted by Gasteiger charge is -2.29. The zero-order valence-electron chi connectivity index (χ0n) is 18.1. The van der Waals surface area contributed by atoms with Crippen LogP contribution >= 0.6 is 0 Å². The van der Waals surface area contributed by atoms with Gasteiger partial charge in [-0.1, -0.05) is 60.7 Å². The molecule has 0 radical (unpaired) electrons. The molecule has 0 aromatic heterocycles. The summed E-state index contributed by atoms with van der Waals surface area (Å²) in [4.78, 5) is 49.1. The van der Waals surface area contributed by atoms with E-state index in [0.717, 1.165) is 5.56 Å². The van der Waals surface area contributed by atoms with E-state index in [2.05, 4.69) is 16.0 Å². The fourth-order valence-corrected chi connectivity index (χ4v) is 3.30. The van der Waals surface area contributed by atoms with Crippen LogP contribution in [0.5, 0.6) is 0 Å². The van der Waals surface area contributed by atoms with Gasteiger partial charge in [0.15, 0.2) is 0 Å². The number of urea groups is 1. The molecule has 0 saturated heterocycles. The van der Waals surface area contributed by atoms with Gasteiger partial charge in [-0.15, -0.1) is 0 Å². The Morgan fingerprint density at radius 1 is 0.970 bits per heavy atom. The first-order valence-electron chi connectivity index (χ1n) is 10.5. The molecule has 2 aromatic rings. The quantitative estimate of drug-likeness (QED) is 0.500. The van der Waals surface area contributed by atoms with Crippen LogP contribution in [0.15, 0.2) is 71.9 Å². The number of carbonyl (C=O) groups is 4. The van der Waals surface area contributed by atoms with Gasteiger partial charge in [0, 0.05) is 0 Å². The van der Waals surface area contributed by atoms with Gasteiger partial charge in [-0.2, -0.15) is 0 Å². The molecule has 0 fully saturated rings. The van der Waals surface area contributed by atoms with Gasteiger partial charge in [0.25, 0.3) is 0 Å². The molecule has 1 unspecified atom stereocenters. The van der Waals surface area contributed by atoms with E-state index in [4.69, 9.17) is 9.47 Å². The summed E-state index contributed by atoms with van der Waals surface area (Å²) < 4.78 is 10.4. The zero-order valence-corrected chi connectivity index (χ0v) is 18.1. The van der Waals surface area contributed by atoms with Crippen molar-refractivity contribution in [2.45, 2.75) is 19.4 Å². The molecule has 1 atom stereocenters. The maximum atomic E-state index is 12.7. The molecule has 0 saturated carbocycles. The van der Waals surface area contributed by atoms with Crippen molar-refractivity contribution in [1.82, 2.24) is 16.0 Å². The van der Waals surface area contributed by atoms with Crippen molar-refractivity contribution in [3.63, 3.8) is 0 Å². The van der Waals surface area contributed by atoms with Crippen molar-refractivity contribution in [1.29, 1.82) is 0 Å². The van der Waals surface area contributed by atoms with Gasteiger partial charge >= 0.3 is 18.0 Å². The van der Waals surface area contributed by atoms with Gasteiger partial charge in [-0.3, -0.25) is 9.59 Å². The summed E-state index contributed by atoms with van der Waals surface area (Å²) in [5.41, 5.74) is 1.75. The first-order chi connectivity index (χ1) is 16.0. The summed E-state index contributed by atoms with van der Waals surface area (Å²) in [7, 11) is 0. The third-order valence-corrected chi connectivity index (χ3v) is 4.80. The fourth-order valence-electron chi connectivity index (χ4n) is 3.30. The number of rotatable bonds is 9. The van der Waals surface area contributed by atoms with E-state index >= 15 is 0 Å². The lowest BCUT2D eigenvalue weighted by molar-refractivity contribution is -0.143. The third-order valence-electron chi connectivity index (χ3n) is 4.80. The minimum Gasteiger partial charge on any atom is -0.463 e. The highest BCUT2D eigenvalue weighted by Crippen LogP contribution is 2.27. The largest absolute Gasteiger partial charge is 0.463 e. The molecule has 3 N–H and O–H groups in total. The molecule has 0 aliphatic carbocycles. The summed E-state index contributed by atoms with van der Waals surface area (Å²) in [5.74, 6) is -1.68. The van der Waals surface area contributed by atoms with Gasteiger partial charge < -0.3 is 25.4 Å². The Morgan fingerprint density at radius 2 is 1.64 bits per heavy atom. The highest BCUT2D eigenvalue weighted by atomic mass is 16.5. The molecule has 1 heterocycles. The van der Waals surface area contributed by atoms with E-state index in [-0.39, 0.29) is 43.4 Å². The Labute approximate surface area is 191 Å². The normalized spacial score (nSPS) is 15.2. The Morgan fingerprint density at radius 3 is 2.30 bits per heavy atom. The first kappa shape index (κ1) is 23.5. The summed E-state index contributed by atoms with van der Waals surface area (Å²) in [6, 6.07) is 16.7. The average Bonchev–Trinajstić information content (AvgIpc) is 2.82. The number of benzene rings is 2. The molecular weight excluding hydrogens is 426 g/mol. The maximum absolute atomic E-state index is 12.7. The van der Waals surface area contributed by atoms with Crippen molar-refractivity contribution >= 4 is 23.9 Å². The maximum Gasteiger partial charge on any atom is 0.338 e. The molecule has 33 heavy (non-hydrogen) atoms. The van der Waals surface area contributed by atoms with E-state index in [9.17, 15) is 19.2 Å². The lowest BCUT2D eigenvalue weighted by Crippen LogP contribution is -2.47. The number of carbonyl (C=O) groups excluding carboxylic acids is 4. The number of esters is 2. The van der Waals surface area contributed by atoms with Crippen molar-refractivity contribution in [2.24, 2.45) is 0 Å². The van der Waals surface area contributed by atoms with Gasteiger partial charge in [-0.25, -0.2) is 9.59 Å². The standard InChI is InChI=1S/C24H25N3O6/c1-2-32-23(30)21-18(26-24(31)27-22(21)17-11-7-4-8-12-17)15-33-20(29)14-25-19(28)13-16-9-5-3-6-10-16/h3-12,22H,2,13-15H2,1H3,(H,25,28)(H2,26,27,31). The predicted octanol–water partition coefficient (Wildman–Crippen LogP) is 1.76. The van der Waals surface area contributed by atoms with E-state index < -0.39 is 24.0 Å². The van der Waals surface area contributed by atoms with E-state index in [1.807, 2.05) is 36.4 Å². The fraction of sp³-hybridized carbons (Fsp3) is 0.250. The predicted molar refractivity (Wildman–Crippen MR) is 119 cm³/mol. The van der Waals surface area contributed by atoms with Crippen molar-refractivity contribution < 1.29 is 28.7 Å². The van der Waals surface area contributed by atoms with E-state index in [0.29, 0.717) is 5.56 Å². The van der Waals surface area contributed by atoms with Crippen LogP contribution < -0.4 is 16.0 Å². The smallest absolute Gasteiger partial charge is 0.338 e. The Balaban J connectivity index is 1.66. The van der Waals surface area contributed by atoms with Crippen molar-refractivity contribution in [3.8, 4) is 0 Å². The number of amides is 3. The molecule has 1 aliphatic heterocycles. The molecule has 0 bridgehead atoms. The molecule has 3 rings (SSSR count). The monoisotopic (exact) mass is 451 g/mol. The molecule has 172 valence electrons. The van der Waals surface area contributed by atoms with Crippen LogP contribution in [0.1, 0.15) is 24.1 Å². The minimum absolute atomic E-state index is 0.120. The number of hydrogen-bond donors (Lipinski definition) is 3. The summed E-state index contributed by atoms with van der Waals surface area (Å²) in [5, 5.41) is 7.71. The number of ether oxygens (including phenoxy) is 2. The highest BCUT2D eigenvalue weighted by Gasteiger charge is 2.34. The van der Waals surface area contributed by atoms with Crippen LogP contribution in [-0.2, 0) is 30.3 Å². The van der Waals surface area contributed by atoms with Crippen LogP contribution in [0, 0.1) is 0 Å². The van der Waals surface area contributed by atoms with E-state index in [1.165, 1.54) is 0 Å². The van der Waals surface area contributed by atoms with Crippen LogP contribution in [0.3, 0.4) is 0 Å². The summed E-state index contributed by atoms with van der Waals surface area (Å²) >= 11 is 0. The second-order valence-electron chi connectivity index (χ2n) is 7.15. The minimum atomic E-state index is -0.765. The van der Waals surface area contributed by atoms with E-state index in [1.54, 1.807) is 31.2 Å². The first-order valence-corrected chi connectivity index (χ1v) is 10.5. The van der Waals surface area contributed by atoms with Crippen molar-refractivity contribution in [3.05, 3.63) is 83.1 Å². The number of nitrogens with one attached hydrogen (secondary N) is 3. The van der Waals surface area contributed by atoms with Gasteiger partial charge in [0.1, 0.15) is 13.2 Å². The molecule has 2 aromatic carbocycles.